The van der Waals surface area contributed by atoms with Crippen molar-refractivity contribution in [2.24, 2.45) is 5.92 Å². The van der Waals surface area contributed by atoms with Crippen molar-refractivity contribution in [1.82, 2.24) is 24.5 Å². The van der Waals surface area contributed by atoms with E-state index in [1.165, 1.54) is 34.9 Å². The minimum absolute atomic E-state index is 0.0734. The molecule has 6 nitrogen and oxygen atoms in total. The van der Waals surface area contributed by atoms with Gasteiger partial charge in [0.25, 0.3) is 0 Å². The van der Waals surface area contributed by atoms with E-state index in [9.17, 15) is 0 Å². The van der Waals surface area contributed by atoms with Crippen molar-refractivity contribution < 1.29 is 4.74 Å². The predicted molar refractivity (Wildman–Crippen MR) is 134 cm³/mol. The summed E-state index contributed by atoms with van der Waals surface area (Å²) in [7, 11) is 0. The van der Waals surface area contributed by atoms with Crippen LogP contribution < -0.4 is 0 Å². The van der Waals surface area contributed by atoms with E-state index in [-0.39, 0.29) is 6.23 Å². The maximum Gasteiger partial charge on any atom is 0.150 e. The first-order valence-corrected chi connectivity index (χ1v) is 12.6. The maximum atomic E-state index is 5.88. The number of benzene rings is 2. The van der Waals surface area contributed by atoms with Crippen molar-refractivity contribution >= 4 is 10.9 Å². The molecule has 34 heavy (non-hydrogen) atoms. The number of hydrogen-bond acceptors (Lipinski definition) is 4. The summed E-state index contributed by atoms with van der Waals surface area (Å²) in [5.41, 5.74) is 4.91. The molecule has 3 unspecified atom stereocenters. The Hall–Kier alpha value is -2.96. The van der Waals surface area contributed by atoms with Crippen LogP contribution in [0.5, 0.6) is 0 Å². The number of likely N-dealkylation sites (tertiary alicyclic amines) is 1. The van der Waals surface area contributed by atoms with E-state index in [1.54, 1.807) is 0 Å². The number of fused-ring (bicyclic) bond motifs is 1. The predicted octanol–water partition coefficient (Wildman–Crippen LogP) is 5.51. The Kier molecular flexibility index (Phi) is 5.93. The zero-order valence-corrected chi connectivity index (χ0v) is 19.9. The smallest absolute Gasteiger partial charge is 0.150 e. The average molecular weight is 456 g/mol. The highest BCUT2D eigenvalue weighted by Crippen LogP contribution is 2.30. The van der Waals surface area contributed by atoms with Gasteiger partial charge in [-0.15, -0.1) is 0 Å². The molecule has 2 aromatic heterocycles. The minimum Gasteiger partial charge on any atom is -0.357 e. The van der Waals surface area contributed by atoms with Crippen molar-refractivity contribution in [3.05, 3.63) is 72.7 Å². The Labute approximate surface area is 201 Å². The van der Waals surface area contributed by atoms with Crippen molar-refractivity contribution in [3.8, 4) is 11.1 Å². The van der Waals surface area contributed by atoms with Gasteiger partial charge in [0, 0.05) is 49.4 Å². The summed E-state index contributed by atoms with van der Waals surface area (Å²) in [6, 6.07) is 18.1. The lowest BCUT2D eigenvalue weighted by molar-refractivity contribution is -0.0394. The van der Waals surface area contributed by atoms with Gasteiger partial charge < -0.3 is 4.74 Å². The Morgan fingerprint density at radius 1 is 1.00 bits per heavy atom. The fraction of sp³-hybridized carbons (Fsp3) is 0.429. The van der Waals surface area contributed by atoms with E-state index >= 15 is 0 Å². The molecule has 4 heterocycles. The van der Waals surface area contributed by atoms with Gasteiger partial charge in [-0.1, -0.05) is 36.4 Å². The normalized spacial score (nSPS) is 23.6. The second-order valence-corrected chi connectivity index (χ2v) is 10.00. The summed E-state index contributed by atoms with van der Waals surface area (Å²) in [4.78, 5) is 2.61. The Morgan fingerprint density at radius 2 is 1.91 bits per heavy atom. The molecule has 2 aliphatic heterocycles. The number of aromatic nitrogens is 4. The summed E-state index contributed by atoms with van der Waals surface area (Å²) in [6.07, 6.45) is 10.8. The van der Waals surface area contributed by atoms with Gasteiger partial charge >= 0.3 is 0 Å². The van der Waals surface area contributed by atoms with Crippen molar-refractivity contribution in [3.63, 3.8) is 0 Å². The lowest BCUT2D eigenvalue weighted by Gasteiger charge is -2.22. The van der Waals surface area contributed by atoms with Crippen molar-refractivity contribution in [2.75, 3.05) is 13.2 Å². The van der Waals surface area contributed by atoms with Crippen LogP contribution in [0.15, 0.2) is 67.1 Å². The van der Waals surface area contributed by atoms with Crippen LogP contribution in [0.1, 0.15) is 44.4 Å². The number of ether oxygens (including phenoxy) is 1. The van der Waals surface area contributed by atoms with Crippen LogP contribution in [0.25, 0.3) is 22.0 Å². The van der Waals surface area contributed by atoms with E-state index in [0.717, 1.165) is 44.6 Å². The van der Waals surface area contributed by atoms with Crippen LogP contribution in [0.4, 0.5) is 0 Å². The van der Waals surface area contributed by atoms with Crippen LogP contribution in [0, 0.1) is 5.92 Å². The Morgan fingerprint density at radius 3 is 2.76 bits per heavy atom. The van der Waals surface area contributed by atoms with E-state index in [1.807, 2.05) is 17.1 Å². The highest BCUT2D eigenvalue weighted by molar-refractivity contribution is 5.84. The number of rotatable bonds is 6. The Balaban J connectivity index is 1.14. The third kappa shape index (κ3) is 4.40. The van der Waals surface area contributed by atoms with Gasteiger partial charge in [-0.25, -0.2) is 4.68 Å². The molecule has 2 aliphatic rings. The average Bonchev–Trinajstić information content (AvgIpc) is 3.60. The topological polar surface area (TPSA) is 48.1 Å². The molecule has 0 saturated carbocycles. The Bertz CT molecular complexity index is 1240. The molecule has 2 saturated heterocycles. The molecule has 0 bridgehead atoms. The van der Waals surface area contributed by atoms with Gasteiger partial charge in [-0.2, -0.15) is 10.2 Å². The summed E-state index contributed by atoms with van der Waals surface area (Å²) >= 11 is 0. The van der Waals surface area contributed by atoms with Crippen LogP contribution >= 0.6 is 0 Å². The molecular weight excluding hydrogens is 422 g/mol. The van der Waals surface area contributed by atoms with Crippen LogP contribution in [0.2, 0.25) is 0 Å². The molecule has 6 heteroatoms. The standard InChI is InChI=1S/C28H33N5O/c1-21-13-23(18-31(21)17-22-7-3-2-4-8-22)19-32-27-11-10-24(14-25(27)15-29-32)26-16-30-33(20-26)28-9-5-6-12-34-28/h2-4,7-8,10-11,14-16,20-21,23,28H,5-6,9,12-13,17-19H2,1H3. The molecule has 0 radical (unpaired) electrons. The molecule has 0 aliphatic carbocycles. The SMILES string of the molecule is CC1CC(Cn2ncc3cc(-c4cnn(C5CCCCO5)c4)ccc32)CN1Cc1ccccc1. The number of hydrogen-bond donors (Lipinski definition) is 0. The first-order chi connectivity index (χ1) is 16.7. The summed E-state index contributed by atoms with van der Waals surface area (Å²) in [5.74, 6) is 0.621. The second kappa shape index (κ2) is 9.35. The first-order valence-electron chi connectivity index (χ1n) is 12.6. The second-order valence-electron chi connectivity index (χ2n) is 10.00. The monoisotopic (exact) mass is 455 g/mol. The summed E-state index contributed by atoms with van der Waals surface area (Å²) < 4.78 is 10.1. The van der Waals surface area contributed by atoms with Gasteiger partial charge in [-0.05, 0) is 61.8 Å². The highest BCUT2D eigenvalue weighted by Gasteiger charge is 2.29. The van der Waals surface area contributed by atoms with Crippen molar-refractivity contribution in [2.45, 2.75) is 58.0 Å². The summed E-state index contributed by atoms with van der Waals surface area (Å²) in [5, 5.41) is 10.5. The molecule has 0 spiro atoms. The third-order valence-corrected chi connectivity index (χ3v) is 7.48. The molecule has 4 aromatic rings. The van der Waals surface area contributed by atoms with Crippen LogP contribution in [0.3, 0.4) is 0 Å². The van der Waals surface area contributed by atoms with Crippen molar-refractivity contribution in [1.29, 1.82) is 0 Å². The van der Waals surface area contributed by atoms with Crippen LogP contribution in [-0.4, -0.2) is 43.7 Å². The first kappa shape index (κ1) is 21.6. The fourth-order valence-electron chi connectivity index (χ4n) is 5.62. The van der Waals surface area contributed by atoms with Crippen LogP contribution in [-0.2, 0) is 17.8 Å². The molecular formula is C28H33N5O. The molecule has 2 fully saturated rings. The maximum absolute atomic E-state index is 5.88. The quantitative estimate of drug-likeness (QED) is 0.385. The molecule has 6 rings (SSSR count). The zero-order valence-electron chi connectivity index (χ0n) is 19.9. The van der Waals surface area contributed by atoms with E-state index in [0.29, 0.717) is 12.0 Å². The van der Waals surface area contributed by atoms with Gasteiger partial charge in [0.1, 0.15) is 6.23 Å². The van der Waals surface area contributed by atoms with Gasteiger partial charge in [0.05, 0.1) is 17.9 Å². The van der Waals surface area contributed by atoms with Gasteiger partial charge in [-0.3, -0.25) is 9.58 Å². The largest absolute Gasteiger partial charge is 0.357 e. The van der Waals surface area contributed by atoms with Gasteiger partial charge in [0.2, 0.25) is 0 Å². The summed E-state index contributed by atoms with van der Waals surface area (Å²) in [6.45, 7) is 6.30. The molecule has 0 amide bonds. The van der Waals surface area contributed by atoms with E-state index < -0.39 is 0 Å². The minimum atomic E-state index is 0.0734. The third-order valence-electron chi connectivity index (χ3n) is 7.48. The highest BCUT2D eigenvalue weighted by atomic mass is 16.5. The molecule has 176 valence electrons. The molecule has 0 N–H and O–H groups in total. The molecule has 2 aromatic carbocycles. The lowest BCUT2D eigenvalue weighted by atomic mass is 10.1. The number of nitrogens with zero attached hydrogens (tertiary/aromatic N) is 5. The van der Waals surface area contributed by atoms with E-state index in [2.05, 4.69) is 76.3 Å². The van der Waals surface area contributed by atoms with Gasteiger partial charge in [0.15, 0.2) is 0 Å². The zero-order chi connectivity index (χ0) is 22.9. The van der Waals surface area contributed by atoms with E-state index in [4.69, 9.17) is 9.84 Å². The fourth-order valence-corrected chi connectivity index (χ4v) is 5.62. The lowest BCUT2D eigenvalue weighted by Crippen LogP contribution is -2.26. The molecule has 3 atom stereocenters.